The van der Waals surface area contributed by atoms with Crippen LogP contribution in [-0.4, -0.2) is 18.2 Å². The Kier molecular flexibility index (Phi) is 3.12. The van der Waals surface area contributed by atoms with Crippen LogP contribution in [0.15, 0.2) is 18.2 Å². The van der Waals surface area contributed by atoms with Crippen LogP contribution >= 0.6 is 0 Å². The van der Waals surface area contributed by atoms with Crippen molar-refractivity contribution in [1.82, 2.24) is 0 Å². The SMILES string of the molecule is COc1ccc([C@@H](C)C(=O)O)cc1C. The van der Waals surface area contributed by atoms with Crippen molar-refractivity contribution >= 4 is 5.97 Å². The molecule has 1 aromatic rings. The minimum absolute atomic E-state index is 0.473. The normalized spacial score (nSPS) is 12.2. The molecule has 0 amide bonds. The van der Waals surface area contributed by atoms with Gasteiger partial charge in [0.1, 0.15) is 5.75 Å². The summed E-state index contributed by atoms with van der Waals surface area (Å²) >= 11 is 0. The van der Waals surface area contributed by atoms with Gasteiger partial charge in [0.15, 0.2) is 0 Å². The van der Waals surface area contributed by atoms with E-state index in [-0.39, 0.29) is 0 Å². The van der Waals surface area contributed by atoms with Gasteiger partial charge in [-0.2, -0.15) is 0 Å². The molecule has 0 aromatic heterocycles. The molecule has 0 unspecified atom stereocenters. The van der Waals surface area contributed by atoms with E-state index >= 15 is 0 Å². The summed E-state index contributed by atoms with van der Waals surface area (Å²) in [6.45, 7) is 3.57. The lowest BCUT2D eigenvalue weighted by Gasteiger charge is -2.10. The van der Waals surface area contributed by atoms with Crippen LogP contribution in [0.5, 0.6) is 5.75 Å². The molecule has 76 valence electrons. The van der Waals surface area contributed by atoms with Crippen LogP contribution in [0.4, 0.5) is 0 Å². The molecule has 1 aromatic carbocycles. The zero-order valence-electron chi connectivity index (χ0n) is 8.57. The topological polar surface area (TPSA) is 46.5 Å². The van der Waals surface area contributed by atoms with E-state index in [0.717, 1.165) is 16.9 Å². The summed E-state index contributed by atoms with van der Waals surface area (Å²) in [6.07, 6.45) is 0. The summed E-state index contributed by atoms with van der Waals surface area (Å²) in [5.41, 5.74) is 1.76. The fourth-order valence-electron chi connectivity index (χ4n) is 1.31. The summed E-state index contributed by atoms with van der Waals surface area (Å²) < 4.78 is 5.09. The molecule has 14 heavy (non-hydrogen) atoms. The number of aryl methyl sites for hydroxylation is 1. The van der Waals surface area contributed by atoms with Crippen molar-refractivity contribution in [2.75, 3.05) is 7.11 Å². The number of hydrogen-bond donors (Lipinski definition) is 1. The van der Waals surface area contributed by atoms with Crippen LogP contribution in [0, 0.1) is 6.92 Å². The van der Waals surface area contributed by atoms with Crippen LogP contribution in [0.25, 0.3) is 0 Å². The average Bonchev–Trinajstić information content (AvgIpc) is 2.16. The van der Waals surface area contributed by atoms with E-state index in [0.29, 0.717) is 0 Å². The van der Waals surface area contributed by atoms with Gasteiger partial charge in [-0.3, -0.25) is 4.79 Å². The second-order valence-corrected chi connectivity index (χ2v) is 3.29. The average molecular weight is 194 g/mol. The Bertz CT molecular complexity index is 344. The monoisotopic (exact) mass is 194 g/mol. The third kappa shape index (κ3) is 2.05. The van der Waals surface area contributed by atoms with Crippen molar-refractivity contribution in [3.63, 3.8) is 0 Å². The minimum atomic E-state index is -0.811. The Morgan fingerprint density at radius 2 is 2.14 bits per heavy atom. The predicted molar refractivity (Wildman–Crippen MR) is 53.8 cm³/mol. The second kappa shape index (κ2) is 4.13. The summed E-state index contributed by atoms with van der Waals surface area (Å²) in [5, 5.41) is 8.82. The van der Waals surface area contributed by atoms with Gasteiger partial charge < -0.3 is 9.84 Å². The Labute approximate surface area is 83.3 Å². The first-order chi connectivity index (χ1) is 6.56. The Morgan fingerprint density at radius 1 is 1.50 bits per heavy atom. The lowest BCUT2D eigenvalue weighted by atomic mass is 9.99. The van der Waals surface area contributed by atoms with E-state index in [9.17, 15) is 4.79 Å². The molecule has 1 rings (SSSR count). The lowest BCUT2D eigenvalue weighted by Crippen LogP contribution is -2.07. The van der Waals surface area contributed by atoms with Gasteiger partial charge in [0.05, 0.1) is 13.0 Å². The maximum Gasteiger partial charge on any atom is 0.310 e. The number of hydrogen-bond acceptors (Lipinski definition) is 2. The summed E-state index contributed by atoms with van der Waals surface area (Å²) in [6, 6.07) is 5.42. The van der Waals surface area contributed by atoms with E-state index < -0.39 is 11.9 Å². The quantitative estimate of drug-likeness (QED) is 0.802. The first-order valence-corrected chi connectivity index (χ1v) is 4.43. The van der Waals surface area contributed by atoms with E-state index in [4.69, 9.17) is 9.84 Å². The van der Waals surface area contributed by atoms with Crippen molar-refractivity contribution in [2.24, 2.45) is 0 Å². The molecule has 0 aliphatic rings. The molecule has 0 fully saturated rings. The molecule has 0 bridgehead atoms. The highest BCUT2D eigenvalue weighted by atomic mass is 16.5. The highest BCUT2D eigenvalue weighted by Gasteiger charge is 2.14. The molecule has 0 saturated carbocycles. The van der Waals surface area contributed by atoms with Crippen LogP contribution in [-0.2, 0) is 4.79 Å². The Balaban J connectivity index is 3.02. The van der Waals surface area contributed by atoms with Gasteiger partial charge in [-0.15, -0.1) is 0 Å². The molecule has 0 saturated heterocycles. The standard InChI is InChI=1S/C11H14O3/c1-7-6-9(8(2)11(12)13)4-5-10(7)14-3/h4-6,8H,1-3H3,(H,12,13)/t8-/m1/s1. The molecule has 3 heteroatoms. The third-order valence-electron chi connectivity index (χ3n) is 2.29. The van der Waals surface area contributed by atoms with Gasteiger partial charge in [-0.25, -0.2) is 0 Å². The Morgan fingerprint density at radius 3 is 2.57 bits per heavy atom. The molecule has 0 spiro atoms. The maximum absolute atomic E-state index is 10.7. The van der Waals surface area contributed by atoms with E-state index in [1.165, 1.54) is 0 Å². The van der Waals surface area contributed by atoms with E-state index in [2.05, 4.69) is 0 Å². The highest BCUT2D eigenvalue weighted by molar-refractivity contribution is 5.75. The number of carboxylic acid groups (broad SMARTS) is 1. The second-order valence-electron chi connectivity index (χ2n) is 3.29. The molecule has 0 aliphatic carbocycles. The number of carboxylic acids is 1. The minimum Gasteiger partial charge on any atom is -0.496 e. The predicted octanol–water partition coefficient (Wildman–Crippen LogP) is 2.19. The number of aliphatic carboxylic acids is 1. The molecule has 1 atom stereocenters. The smallest absolute Gasteiger partial charge is 0.310 e. The van der Waals surface area contributed by atoms with Crippen LogP contribution < -0.4 is 4.74 Å². The molecular formula is C11H14O3. The molecule has 3 nitrogen and oxygen atoms in total. The van der Waals surface area contributed by atoms with Crippen LogP contribution in [0.2, 0.25) is 0 Å². The number of rotatable bonds is 3. The van der Waals surface area contributed by atoms with E-state index in [1.54, 1.807) is 26.2 Å². The largest absolute Gasteiger partial charge is 0.496 e. The van der Waals surface area contributed by atoms with Crippen molar-refractivity contribution in [3.8, 4) is 5.75 Å². The summed E-state index contributed by atoms with van der Waals surface area (Å²) in [5.74, 6) is -0.500. The Hall–Kier alpha value is -1.51. The van der Waals surface area contributed by atoms with Gasteiger partial charge in [0.2, 0.25) is 0 Å². The van der Waals surface area contributed by atoms with Crippen molar-refractivity contribution in [1.29, 1.82) is 0 Å². The first-order valence-electron chi connectivity index (χ1n) is 4.43. The van der Waals surface area contributed by atoms with Gasteiger partial charge in [-0.05, 0) is 31.0 Å². The molecule has 1 N–H and O–H groups in total. The zero-order chi connectivity index (χ0) is 10.7. The lowest BCUT2D eigenvalue weighted by molar-refractivity contribution is -0.138. The number of benzene rings is 1. The van der Waals surface area contributed by atoms with Crippen molar-refractivity contribution < 1.29 is 14.6 Å². The van der Waals surface area contributed by atoms with Crippen molar-refractivity contribution in [2.45, 2.75) is 19.8 Å². The van der Waals surface area contributed by atoms with Crippen LogP contribution in [0.1, 0.15) is 24.0 Å². The fraction of sp³-hybridized carbons (Fsp3) is 0.364. The number of ether oxygens (including phenoxy) is 1. The van der Waals surface area contributed by atoms with Gasteiger partial charge in [0.25, 0.3) is 0 Å². The molecule has 0 aliphatic heterocycles. The number of methoxy groups -OCH3 is 1. The molecule has 0 heterocycles. The third-order valence-corrected chi connectivity index (χ3v) is 2.29. The van der Waals surface area contributed by atoms with Gasteiger partial charge in [-0.1, -0.05) is 12.1 Å². The number of carbonyl (C=O) groups is 1. The molecule has 0 radical (unpaired) electrons. The highest BCUT2D eigenvalue weighted by Crippen LogP contribution is 2.23. The van der Waals surface area contributed by atoms with Gasteiger partial charge in [0, 0.05) is 0 Å². The van der Waals surface area contributed by atoms with E-state index in [1.807, 2.05) is 13.0 Å². The fourth-order valence-corrected chi connectivity index (χ4v) is 1.31. The van der Waals surface area contributed by atoms with Crippen molar-refractivity contribution in [3.05, 3.63) is 29.3 Å². The van der Waals surface area contributed by atoms with Crippen LogP contribution in [0.3, 0.4) is 0 Å². The van der Waals surface area contributed by atoms with Gasteiger partial charge >= 0.3 is 5.97 Å². The zero-order valence-corrected chi connectivity index (χ0v) is 8.57. The summed E-state index contributed by atoms with van der Waals surface area (Å²) in [4.78, 5) is 10.7. The first kappa shape index (κ1) is 10.6. The maximum atomic E-state index is 10.7. The molecular weight excluding hydrogens is 180 g/mol. The summed E-state index contributed by atoms with van der Waals surface area (Å²) in [7, 11) is 1.60.